The molecule has 0 bridgehead atoms. The fraction of sp³-hybridized carbons (Fsp3) is 0.0588. The Hall–Kier alpha value is -3.71. The van der Waals surface area contributed by atoms with Crippen LogP contribution in [0.15, 0.2) is 42.7 Å². The van der Waals surface area contributed by atoms with Crippen LogP contribution in [-0.4, -0.2) is 40.9 Å². The fourth-order valence-electron chi connectivity index (χ4n) is 2.66. The normalized spacial score (nSPS) is 11.5. The summed E-state index contributed by atoms with van der Waals surface area (Å²) in [5, 5.41) is 18.1. The van der Waals surface area contributed by atoms with Crippen molar-refractivity contribution >= 4 is 40.7 Å². The lowest BCUT2D eigenvalue weighted by Gasteiger charge is -2.09. The number of nitrogens with two attached hydrogens (primary N) is 1. The molecule has 3 N–H and O–H groups in total. The predicted molar refractivity (Wildman–Crippen MR) is 107 cm³/mol. The summed E-state index contributed by atoms with van der Waals surface area (Å²) < 4.78 is 39.7. The number of carbonyl (C=O) groups is 1. The Kier molecular flexibility index (Phi) is 5.44. The maximum atomic E-state index is 13.0. The van der Waals surface area contributed by atoms with Gasteiger partial charge in [0.1, 0.15) is 11.5 Å². The van der Waals surface area contributed by atoms with Gasteiger partial charge in [-0.1, -0.05) is 34.5 Å². The Balaban J connectivity index is 1.66. The molecule has 0 aliphatic carbocycles. The number of halogens is 5. The number of hydrogen-bond donors (Lipinski definition) is 2. The van der Waals surface area contributed by atoms with Crippen molar-refractivity contribution in [1.82, 2.24) is 35.0 Å². The van der Waals surface area contributed by atoms with E-state index >= 15 is 0 Å². The van der Waals surface area contributed by atoms with Crippen LogP contribution in [0.1, 0.15) is 16.2 Å². The van der Waals surface area contributed by atoms with Crippen LogP contribution >= 0.6 is 23.2 Å². The van der Waals surface area contributed by atoms with E-state index in [2.05, 4.69) is 30.8 Å². The van der Waals surface area contributed by atoms with Gasteiger partial charge in [0, 0.05) is 0 Å². The van der Waals surface area contributed by atoms with E-state index in [1.54, 1.807) is 18.2 Å². The number of anilines is 2. The van der Waals surface area contributed by atoms with Crippen molar-refractivity contribution < 1.29 is 18.0 Å². The van der Waals surface area contributed by atoms with Crippen molar-refractivity contribution in [2.75, 3.05) is 5.32 Å². The van der Waals surface area contributed by atoms with Crippen molar-refractivity contribution in [2.24, 2.45) is 5.73 Å². The summed E-state index contributed by atoms with van der Waals surface area (Å²) >= 11 is 12.3. The van der Waals surface area contributed by atoms with Gasteiger partial charge >= 0.3 is 6.18 Å². The molecule has 10 nitrogen and oxygen atoms in total. The molecule has 1 amide bonds. The molecule has 4 aromatic rings. The first-order valence-electron chi connectivity index (χ1n) is 8.58. The average molecular weight is 484 g/mol. The van der Waals surface area contributed by atoms with Crippen LogP contribution < -0.4 is 11.1 Å². The van der Waals surface area contributed by atoms with Gasteiger partial charge in [0.2, 0.25) is 0 Å². The number of nitrogens with zero attached hydrogens (tertiary/aromatic N) is 7. The fourth-order valence-corrected chi connectivity index (χ4v) is 3.21. The van der Waals surface area contributed by atoms with Crippen LogP contribution in [0, 0.1) is 0 Å². The Morgan fingerprint density at radius 3 is 2.38 bits per heavy atom. The van der Waals surface area contributed by atoms with Crippen LogP contribution in [-0.2, 0) is 6.18 Å². The number of benzene rings is 1. The summed E-state index contributed by atoms with van der Waals surface area (Å²) in [7, 11) is 0. The van der Waals surface area contributed by atoms with Crippen molar-refractivity contribution in [3.63, 3.8) is 0 Å². The van der Waals surface area contributed by atoms with E-state index in [9.17, 15) is 18.0 Å². The monoisotopic (exact) mass is 483 g/mol. The molecule has 0 saturated carbocycles. The summed E-state index contributed by atoms with van der Waals surface area (Å²) in [5.74, 6) is -0.816. The number of para-hydroxylation sites is 1. The highest BCUT2D eigenvalue weighted by molar-refractivity contribution is 6.37. The van der Waals surface area contributed by atoms with Crippen LogP contribution in [0.4, 0.5) is 24.8 Å². The van der Waals surface area contributed by atoms with Crippen molar-refractivity contribution in [1.29, 1.82) is 0 Å². The van der Waals surface area contributed by atoms with E-state index in [1.165, 1.54) is 12.1 Å². The number of aromatic nitrogens is 7. The number of rotatable bonds is 5. The standard InChI is InChI=1S/C17H10Cl2F3N9O/c18-9-2-1-3-10(19)14(9)31-27-13(15(23)32)16(28-31)26-12-5-4-8(6-24-12)30-11(7-25-29-30)17(20,21)22/h1-7H,(H2,23,32)(H,24,26,28). The summed E-state index contributed by atoms with van der Waals surface area (Å²) in [5.41, 5.74) is 4.32. The van der Waals surface area contributed by atoms with E-state index in [0.29, 0.717) is 10.9 Å². The van der Waals surface area contributed by atoms with E-state index in [4.69, 9.17) is 28.9 Å². The lowest BCUT2D eigenvalue weighted by Crippen LogP contribution is -2.14. The largest absolute Gasteiger partial charge is 0.435 e. The molecule has 0 spiro atoms. The number of alkyl halides is 3. The second-order valence-corrected chi connectivity index (χ2v) is 6.99. The number of carbonyl (C=O) groups excluding carboxylic acids is 1. The predicted octanol–water partition coefficient (Wildman–Crippen LogP) is 3.41. The Bertz CT molecular complexity index is 1280. The van der Waals surface area contributed by atoms with E-state index < -0.39 is 17.8 Å². The third-order valence-corrected chi connectivity index (χ3v) is 4.67. The van der Waals surface area contributed by atoms with Gasteiger partial charge in [-0.15, -0.1) is 20.1 Å². The first-order chi connectivity index (χ1) is 15.1. The van der Waals surface area contributed by atoms with Gasteiger partial charge < -0.3 is 11.1 Å². The smallest absolute Gasteiger partial charge is 0.364 e. The molecule has 0 aliphatic heterocycles. The van der Waals surface area contributed by atoms with Gasteiger partial charge in [-0.05, 0) is 24.3 Å². The highest BCUT2D eigenvalue weighted by Crippen LogP contribution is 2.30. The minimum atomic E-state index is -4.64. The third-order valence-electron chi connectivity index (χ3n) is 4.06. The molecule has 0 aliphatic rings. The van der Waals surface area contributed by atoms with Gasteiger partial charge in [0.15, 0.2) is 17.2 Å². The first-order valence-corrected chi connectivity index (χ1v) is 9.33. The van der Waals surface area contributed by atoms with Gasteiger partial charge in [0.05, 0.1) is 28.1 Å². The van der Waals surface area contributed by atoms with Crippen molar-refractivity contribution in [3.8, 4) is 11.4 Å². The van der Waals surface area contributed by atoms with Gasteiger partial charge in [0.25, 0.3) is 5.91 Å². The van der Waals surface area contributed by atoms with Crippen molar-refractivity contribution in [3.05, 3.63) is 64.2 Å². The average Bonchev–Trinajstić information content (AvgIpc) is 3.36. The van der Waals surface area contributed by atoms with Gasteiger partial charge in [-0.25, -0.2) is 9.67 Å². The van der Waals surface area contributed by atoms with Crippen LogP contribution in [0.2, 0.25) is 10.0 Å². The Morgan fingerprint density at radius 1 is 1.06 bits per heavy atom. The first kappa shape index (κ1) is 21.5. The molecule has 0 atom stereocenters. The summed E-state index contributed by atoms with van der Waals surface area (Å²) in [6.45, 7) is 0. The van der Waals surface area contributed by atoms with E-state index in [1.807, 2.05) is 0 Å². The summed E-state index contributed by atoms with van der Waals surface area (Å²) in [6.07, 6.45) is -2.91. The molecule has 4 rings (SSSR count). The zero-order valence-corrected chi connectivity index (χ0v) is 17.1. The van der Waals surface area contributed by atoms with Crippen LogP contribution in [0.3, 0.4) is 0 Å². The van der Waals surface area contributed by atoms with E-state index in [-0.39, 0.29) is 38.7 Å². The Morgan fingerprint density at radius 2 is 1.78 bits per heavy atom. The number of primary amides is 1. The second kappa shape index (κ2) is 8.09. The molecule has 3 heterocycles. The minimum Gasteiger partial charge on any atom is -0.364 e. The third kappa shape index (κ3) is 4.07. The van der Waals surface area contributed by atoms with Crippen molar-refractivity contribution in [2.45, 2.75) is 6.18 Å². The highest BCUT2D eigenvalue weighted by atomic mass is 35.5. The highest BCUT2D eigenvalue weighted by Gasteiger charge is 2.36. The SMILES string of the molecule is NC(=O)c1nn(-c2c(Cl)cccc2Cl)nc1Nc1ccc(-n2nncc2C(F)(F)F)cn1. The van der Waals surface area contributed by atoms with Crippen LogP contribution in [0.25, 0.3) is 11.4 Å². The molecule has 3 aromatic heterocycles. The zero-order valence-electron chi connectivity index (χ0n) is 15.5. The molecular formula is C17H10Cl2F3N9O. The summed E-state index contributed by atoms with van der Waals surface area (Å²) in [6, 6.07) is 7.41. The quantitative estimate of drug-likeness (QED) is 0.444. The molecular weight excluding hydrogens is 474 g/mol. The van der Waals surface area contributed by atoms with Gasteiger partial charge in [-0.2, -0.15) is 13.2 Å². The number of nitrogens with one attached hydrogen (secondary N) is 1. The lowest BCUT2D eigenvalue weighted by molar-refractivity contribution is -0.142. The maximum absolute atomic E-state index is 13.0. The molecule has 0 fully saturated rings. The molecule has 164 valence electrons. The molecule has 0 saturated heterocycles. The molecule has 0 radical (unpaired) electrons. The zero-order chi connectivity index (χ0) is 23.0. The number of pyridine rings is 1. The molecule has 0 unspecified atom stereocenters. The summed E-state index contributed by atoms with van der Waals surface area (Å²) in [4.78, 5) is 16.9. The molecule has 15 heteroatoms. The van der Waals surface area contributed by atoms with E-state index in [0.717, 1.165) is 11.0 Å². The molecule has 32 heavy (non-hydrogen) atoms. The van der Waals surface area contributed by atoms with Crippen LogP contribution in [0.5, 0.6) is 0 Å². The minimum absolute atomic E-state index is 0.0157. The maximum Gasteiger partial charge on any atom is 0.435 e. The second-order valence-electron chi connectivity index (χ2n) is 6.18. The topological polar surface area (TPSA) is 129 Å². The number of amides is 1. The number of hydrogen-bond acceptors (Lipinski definition) is 7. The molecule has 1 aromatic carbocycles. The van der Waals surface area contributed by atoms with Gasteiger partial charge in [-0.3, -0.25) is 4.79 Å². The lowest BCUT2D eigenvalue weighted by atomic mass is 10.3. The Labute approximate surface area is 186 Å².